The fraction of sp³-hybridized carbons (Fsp3) is 0.333. The molecule has 19 heavy (non-hydrogen) atoms. The number of hydrogen-bond donors (Lipinski definition) is 0. The first-order valence-electron chi connectivity index (χ1n) is 6.61. The summed E-state index contributed by atoms with van der Waals surface area (Å²) in [5, 5.41) is 4.30. The van der Waals surface area contributed by atoms with Crippen LogP contribution in [0.2, 0.25) is 0 Å². The van der Waals surface area contributed by atoms with Crippen LogP contribution in [0.3, 0.4) is 0 Å². The highest BCUT2D eigenvalue weighted by Gasteiger charge is 2.23. The lowest BCUT2D eigenvalue weighted by molar-refractivity contribution is -0.118. The SMILES string of the molecule is Cn1ccc(CCC(=O)N2CCc3ccccc32)n1. The summed E-state index contributed by atoms with van der Waals surface area (Å²) in [5.41, 5.74) is 3.32. The predicted molar refractivity (Wildman–Crippen MR) is 74.0 cm³/mol. The second-order valence-corrected chi connectivity index (χ2v) is 4.90. The molecule has 1 aromatic carbocycles. The minimum atomic E-state index is 0.190. The van der Waals surface area contributed by atoms with E-state index in [4.69, 9.17) is 0 Å². The number of rotatable bonds is 3. The van der Waals surface area contributed by atoms with Crippen LogP contribution in [-0.2, 0) is 24.7 Å². The number of hydrogen-bond acceptors (Lipinski definition) is 2. The van der Waals surface area contributed by atoms with E-state index in [0.717, 1.165) is 24.3 Å². The van der Waals surface area contributed by atoms with E-state index >= 15 is 0 Å². The second-order valence-electron chi connectivity index (χ2n) is 4.90. The first kappa shape index (κ1) is 12.0. The smallest absolute Gasteiger partial charge is 0.227 e. The lowest BCUT2D eigenvalue weighted by atomic mass is 10.2. The molecule has 2 heterocycles. The van der Waals surface area contributed by atoms with E-state index in [1.54, 1.807) is 4.68 Å². The van der Waals surface area contributed by atoms with Gasteiger partial charge in [0.05, 0.1) is 5.69 Å². The number of carbonyl (C=O) groups is 1. The van der Waals surface area contributed by atoms with Gasteiger partial charge in [-0.25, -0.2) is 0 Å². The van der Waals surface area contributed by atoms with E-state index in [1.165, 1.54) is 5.56 Å². The number of benzene rings is 1. The van der Waals surface area contributed by atoms with Gasteiger partial charge < -0.3 is 4.90 Å². The molecule has 0 radical (unpaired) electrons. The standard InChI is InChI=1S/C15H17N3O/c1-17-10-9-13(16-17)6-7-15(19)18-11-8-12-4-2-3-5-14(12)18/h2-5,9-10H,6-8,11H2,1H3. The van der Waals surface area contributed by atoms with Gasteiger partial charge >= 0.3 is 0 Å². The molecule has 0 saturated heterocycles. The number of carbonyl (C=O) groups excluding carboxylic acids is 1. The Bertz CT molecular complexity index is 603. The first-order valence-corrected chi connectivity index (χ1v) is 6.61. The van der Waals surface area contributed by atoms with Gasteiger partial charge in [-0.2, -0.15) is 5.10 Å². The second kappa shape index (κ2) is 4.88. The molecule has 0 fully saturated rings. The van der Waals surface area contributed by atoms with Crippen molar-refractivity contribution in [3.63, 3.8) is 0 Å². The van der Waals surface area contributed by atoms with Crippen LogP contribution < -0.4 is 4.90 Å². The van der Waals surface area contributed by atoms with Crippen molar-refractivity contribution in [3.8, 4) is 0 Å². The van der Waals surface area contributed by atoms with Gasteiger partial charge in [0.25, 0.3) is 0 Å². The van der Waals surface area contributed by atoms with Crippen molar-refractivity contribution in [2.24, 2.45) is 7.05 Å². The Kier molecular flexibility index (Phi) is 3.07. The molecule has 0 unspecified atom stereocenters. The zero-order valence-electron chi connectivity index (χ0n) is 11.0. The lowest BCUT2D eigenvalue weighted by Gasteiger charge is -2.16. The van der Waals surface area contributed by atoms with E-state index in [2.05, 4.69) is 11.2 Å². The van der Waals surface area contributed by atoms with Crippen molar-refractivity contribution < 1.29 is 4.79 Å². The molecule has 1 aromatic heterocycles. The summed E-state index contributed by atoms with van der Waals surface area (Å²) in [6, 6.07) is 10.1. The van der Waals surface area contributed by atoms with E-state index in [0.29, 0.717) is 12.8 Å². The van der Waals surface area contributed by atoms with Gasteiger partial charge in [0.1, 0.15) is 0 Å². The van der Waals surface area contributed by atoms with Crippen molar-refractivity contribution >= 4 is 11.6 Å². The monoisotopic (exact) mass is 255 g/mol. The lowest BCUT2D eigenvalue weighted by Crippen LogP contribution is -2.29. The van der Waals surface area contributed by atoms with E-state index in [-0.39, 0.29) is 5.91 Å². The molecule has 4 heteroatoms. The van der Waals surface area contributed by atoms with Crippen molar-refractivity contribution in [2.45, 2.75) is 19.3 Å². The van der Waals surface area contributed by atoms with Crippen LogP contribution in [0.4, 0.5) is 5.69 Å². The Balaban J connectivity index is 1.66. The van der Waals surface area contributed by atoms with Crippen LogP contribution in [0.25, 0.3) is 0 Å². The van der Waals surface area contributed by atoms with Gasteiger partial charge in [-0.15, -0.1) is 0 Å². The number of para-hydroxylation sites is 1. The van der Waals surface area contributed by atoms with Crippen molar-refractivity contribution in [3.05, 3.63) is 47.8 Å². The molecule has 0 bridgehead atoms. The van der Waals surface area contributed by atoms with E-state index < -0.39 is 0 Å². The highest BCUT2D eigenvalue weighted by Crippen LogP contribution is 2.27. The third-order valence-corrected chi connectivity index (χ3v) is 3.55. The van der Waals surface area contributed by atoms with Gasteiger partial charge in [-0.1, -0.05) is 18.2 Å². The molecule has 1 aliphatic heterocycles. The molecular weight excluding hydrogens is 238 g/mol. The molecule has 1 amide bonds. The molecule has 0 aliphatic carbocycles. The van der Waals surface area contributed by atoms with Gasteiger partial charge in [0, 0.05) is 38.3 Å². The number of anilines is 1. The van der Waals surface area contributed by atoms with Crippen LogP contribution >= 0.6 is 0 Å². The van der Waals surface area contributed by atoms with Crippen LogP contribution in [-0.4, -0.2) is 22.2 Å². The molecular formula is C15H17N3O. The molecule has 1 aliphatic rings. The maximum Gasteiger partial charge on any atom is 0.227 e. The van der Waals surface area contributed by atoms with Crippen molar-refractivity contribution in [2.75, 3.05) is 11.4 Å². The molecule has 98 valence electrons. The summed E-state index contributed by atoms with van der Waals surface area (Å²) in [6.07, 6.45) is 4.10. The number of amides is 1. The maximum atomic E-state index is 12.3. The van der Waals surface area contributed by atoms with Crippen molar-refractivity contribution in [1.29, 1.82) is 0 Å². The molecule has 0 saturated carbocycles. The van der Waals surface area contributed by atoms with Crippen LogP contribution in [0.5, 0.6) is 0 Å². The quantitative estimate of drug-likeness (QED) is 0.840. The van der Waals surface area contributed by atoms with Crippen LogP contribution in [0, 0.1) is 0 Å². The Morgan fingerprint density at radius 2 is 2.16 bits per heavy atom. The first-order chi connectivity index (χ1) is 9.24. The molecule has 0 N–H and O–H groups in total. The largest absolute Gasteiger partial charge is 0.312 e. The fourth-order valence-corrected chi connectivity index (χ4v) is 2.56. The highest BCUT2D eigenvalue weighted by molar-refractivity contribution is 5.95. The van der Waals surface area contributed by atoms with Crippen LogP contribution in [0.1, 0.15) is 17.7 Å². The third kappa shape index (κ3) is 2.38. The number of aromatic nitrogens is 2. The van der Waals surface area contributed by atoms with E-state index in [9.17, 15) is 4.79 Å². The van der Waals surface area contributed by atoms with E-state index in [1.807, 2.05) is 42.4 Å². The van der Waals surface area contributed by atoms with Gasteiger partial charge in [-0.3, -0.25) is 9.48 Å². The molecule has 0 spiro atoms. The summed E-state index contributed by atoms with van der Waals surface area (Å²) in [6.45, 7) is 0.806. The Hall–Kier alpha value is -2.10. The molecule has 3 rings (SSSR count). The number of aryl methyl sites for hydroxylation is 2. The Morgan fingerprint density at radius 3 is 2.95 bits per heavy atom. The van der Waals surface area contributed by atoms with Gasteiger partial charge in [0.15, 0.2) is 0 Å². The van der Waals surface area contributed by atoms with Gasteiger partial charge in [0.2, 0.25) is 5.91 Å². The molecule has 0 atom stereocenters. The zero-order valence-corrected chi connectivity index (χ0v) is 11.0. The summed E-state index contributed by atoms with van der Waals surface area (Å²) in [4.78, 5) is 14.2. The molecule has 4 nitrogen and oxygen atoms in total. The number of nitrogens with zero attached hydrogens (tertiary/aromatic N) is 3. The minimum absolute atomic E-state index is 0.190. The van der Waals surface area contributed by atoms with Gasteiger partial charge in [-0.05, 0) is 24.1 Å². The highest BCUT2D eigenvalue weighted by atomic mass is 16.2. The number of fused-ring (bicyclic) bond motifs is 1. The summed E-state index contributed by atoms with van der Waals surface area (Å²) in [5.74, 6) is 0.190. The Morgan fingerprint density at radius 1 is 1.32 bits per heavy atom. The zero-order chi connectivity index (χ0) is 13.2. The van der Waals surface area contributed by atoms with Crippen molar-refractivity contribution in [1.82, 2.24) is 9.78 Å². The third-order valence-electron chi connectivity index (χ3n) is 3.55. The minimum Gasteiger partial charge on any atom is -0.312 e. The summed E-state index contributed by atoms with van der Waals surface area (Å²) in [7, 11) is 1.89. The Labute approximate surface area is 112 Å². The average Bonchev–Trinajstić information content (AvgIpc) is 3.02. The topological polar surface area (TPSA) is 38.1 Å². The summed E-state index contributed by atoms with van der Waals surface area (Å²) >= 11 is 0. The summed E-state index contributed by atoms with van der Waals surface area (Å²) < 4.78 is 1.77. The fourth-order valence-electron chi connectivity index (χ4n) is 2.56. The average molecular weight is 255 g/mol. The predicted octanol–water partition coefficient (Wildman–Crippen LogP) is 1.94. The molecule has 2 aromatic rings. The normalized spacial score (nSPS) is 13.6. The van der Waals surface area contributed by atoms with Crippen LogP contribution in [0.15, 0.2) is 36.5 Å². The maximum absolute atomic E-state index is 12.3.